The fraction of sp³-hybridized carbons (Fsp3) is 0. The van der Waals surface area contributed by atoms with Crippen LogP contribution in [-0.2, 0) is 0 Å². The van der Waals surface area contributed by atoms with E-state index < -0.39 is 0 Å². The van der Waals surface area contributed by atoms with Gasteiger partial charge in [0.25, 0.3) is 0 Å². The Bertz CT molecular complexity index is 325. The van der Waals surface area contributed by atoms with E-state index >= 15 is 0 Å². The van der Waals surface area contributed by atoms with Crippen LogP contribution in [0.1, 0.15) is 0 Å². The van der Waals surface area contributed by atoms with Crippen LogP contribution in [-0.4, -0.2) is 0 Å². The van der Waals surface area contributed by atoms with Crippen molar-refractivity contribution in [2.75, 3.05) is 0 Å². The van der Waals surface area contributed by atoms with Crippen LogP contribution in [0.3, 0.4) is 0 Å². The van der Waals surface area contributed by atoms with E-state index in [1.54, 1.807) is 12.2 Å². The van der Waals surface area contributed by atoms with Crippen LogP contribution in [0, 0.1) is 0 Å². The molecule has 0 saturated carbocycles. The molecule has 0 aliphatic heterocycles. The first-order valence-corrected chi connectivity index (χ1v) is 5.06. The van der Waals surface area contributed by atoms with Gasteiger partial charge in [-0.15, -0.1) is 12.6 Å². The van der Waals surface area contributed by atoms with Crippen LogP contribution in [0.25, 0.3) is 0 Å². The summed E-state index contributed by atoms with van der Waals surface area (Å²) in [7, 11) is 0. The van der Waals surface area contributed by atoms with Crippen molar-refractivity contribution in [2.45, 2.75) is 0 Å². The van der Waals surface area contributed by atoms with E-state index in [4.69, 9.17) is 0 Å². The Balaban J connectivity index is 3.90. The summed E-state index contributed by atoms with van der Waals surface area (Å²) in [5.74, 6) is 0. The molecule has 0 radical (unpaired) electrons. The van der Waals surface area contributed by atoms with Crippen LogP contribution < -0.4 is 0 Å². The molecule has 0 fully saturated rings. The van der Waals surface area contributed by atoms with Gasteiger partial charge in [-0.1, -0.05) is 73.9 Å². The molecule has 0 aliphatic carbocycles. The maximum atomic E-state index is 4.15. The molecule has 0 rings (SSSR count). The Morgan fingerprint density at radius 3 is 1.67 bits per heavy atom. The average molecular weight is 216 g/mol. The molecule has 0 atom stereocenters. The topological polar surface area (TPSA) is 0 Å². The van der Waals surface area contributed by atoms with E-state index in [-0.39, 0.29) is 0 Å². The molecule has 0 aliphatic rings. The van der Waals surface area contributed by atoms with Gasteiger partial charge in [-0.25, -0.2) is 0 Å². The van der Waals surface area contributed by atoms with Crippen molar-refractivity contribution in [3.8, 4) is 0 Å². The first-order valence-electron chi connectivity index (χ1n) is 4.62. The summed E-state index contributed by atoms with van der Waals surface area (Å²) in [6, 6.07) is 0. The molecule has 0 spiro atoms. The lowest BCUT2D eigenvalue weighted by Crippen LogP contribution is -1.57. The first-order chi connectivity index (χ1) is 7.31. The highest BCUT2D eigenvalue weighted by Crippen LogP contribution is 1.99. The highest BCUT2D eigenvalue weighted by atomic mass is 32.1. The zero-order valence-electron chi connectivity index (χ0n) is 8.71. The molecule has 78 valence electrons. The second-order valence-corrected chi connectivity index (χ2v) is 3.09. The predicted molar refractivity (Wildman–Crippen MR) is 74.0 cm³/mol. The molecule has 0 aromatic rings. The lowest BCUT2D eigenvalue weighted by Gasteiger charge is -1.81. The minimum atomic E-state index is 0.851. The van der Waals surface area contributed by atoms with E-state index in [1.165, 1.54) is 0 Å². The summed E-state index contributed by atoms with van der Waals surface area (Å²) in [5, 5.41) is 0. The molecule has 0 N–H and O–H groups in total. The van der Waals surface area contributed by atoms with Crippen molar-refractivity contribution in [3.05, 3.63) is 84.9 Å². The maximum absolute atomic E-state index is 4.15. The quantitative estimate of drug-likeness (QED) is 0.494. The third kappa shape index (κ3) is 10.5. The van der Waals surface area contributed by atoms with Crippen molar-refractivity contribution in [3.63, 3.8) is 0 Å². The largest absolute Gasteiger partial charge is 0.143 e. The van der Waals surface area contributed by atoms with Crippen molar-refractivity contribution in [1.82, 2.24) is 0 Å². The summed E-state index contributed by atoms with van der Waals surface area (Å²) in [4.78, 5) is 0.851. The van der Waals surface area contributed by atoms with Crippen molar-refractivity contribution < 1.29 is 0 Å². The Morgan fingerprint density at radius 1 is 0.733 bits per heavy atom. The molecule has 15 heavy (non-hydrogen) atoms. The van der Waals surface area contributed by atoms with Crippen LogP contribution in [0.4, 0.5) is 0 Å². The van der Waals surface area contributed by atoms with Gasteiger partial charge in [0.1, 0.15) is 0 Å². The molecule has 0 saturated heterocycles. The number of rotatable bonds is 6. The standard InChI is InChI=1S/C14H16S/c1-3-5-6-7-8-9-10-11-12-13-14(15)4-2/h3-13,15H,1-2H2/b6-5-,8-7-,10-9-,12-11-,14-13-. The summed E-state index contributed by atoms with van der Waals surface area (Å²) in [6.07, 6.45) is 20.7. The van der Waals surface area contributed by atoms with Gasteiger partial charge >= 0.3 is 0 Å². The van der Waals surface area contributed by atoms with Crippen LogP contribution in [0.5, 0.6) is 0 Å². The number of thiol groups is 1. The summed E-state index contributed by atoms with van der Waals surface area (Å²) >= 11 is 4.15. The average Bonchev–Trinajstić information content (AvgIpc) is 2.26. The van der Waals surface area contributed by atoms with Gasteiger partial charge in [-0.2, -0.15) is 0 Å². The van der Waals surface area contributed by atoms with Crippen molar-refractivity contribution in [1.29, 1.82) is 0 Å². The first kappa shape index (κ1) is 13.5. The molecular weight excluding hydrogens is 200 g/mol. The highest BCUT2D eigenvalue weighted by Gasteiger charge is 1.72. The fourth-order valence-electron chi connectivity index (χ4n) is 0.686. The lowest BCUT2D eigenvalue weighted by atomic mass is 10.3. The van der Waals surface area contributed by atoms with Gasteiger partial charge in [-0.05, 0) is 6.08 Å². The number of hydrogen-bond acceptors (Lipinski definition) is 1. The monoisotopic (exact) mass is 216 g/mol. The van der Waals surface area contributed by atoms with Gasteiger partial charge < -0.3 is 0 Å². The third-order valence-corrected chi connectivity index (χ3v) is 1.72. The molecule has 0 aromatic heterocycles. The Morgan fingerprint density at radius 2 is 1.20 bits per heavy atom. The van der Waals surface area contributed by atoms with E-state index in [9.17, 15) is 0 Å². The van der Waals surface area contributed by atoms with Gasteiger partial charge in [0.15, 0.2) is 0 Å². The van der Waals surface area contributed by atoms with E-state index in [0.29, 0.717) is 0 Å². The summed E-state index contributed by atoms with van der Waals surface area (Å²) in [5.41, 5.74) is 0. The van der Waals surface area contributed by atoms with E-state index in [0.717, 1.165) is 4.91 Å². The molecule has 0 heterocycles. The minimum Gasteiger partial charge on any atom is -0.143 e. The summed E-state index contributed by atoms with van der Waals surface area (Å²) < 4.78 is 0. The highest BCUT2D eigenvalue weighted by molar-refractivity contribution is 7.84. The van der Waals surface area contributed by atoms with E-state index in [2.05, 4.69) is 25.8 Å². The summed E-state index contributed by atoms with van der Waals surface area (Å²) in [6.45, 7) is 7.17. The fourth-order valence-corrected chi connectivity index (χ4v) is 0.772. The second kappa shape index (κ2) is 10.6. The number of hydrogen-bond donors (Lipinski definition) is 1. The minimum absolute atomic E-state index is 0.851. The zero-order valence-corrected chi connectivity index (χ0v) is 9.61. The molecule has 0 unspecified atom stereocenters. The maximum Gasteiger partial charge on any atom is 0.00340 e. The number of allylic oxidation sites excluding steroid dienone is 11. The molecule has 0 amide bonds. The normalized spacial score (nSPS) is 13.5. The lowest BCUT2D eigenvalue weighted by molar-refractivity contribution is 1.83. The Hall–Kier alpha value is -1.47. The second-order valence-electron chi connectivity index (χ2n) is 2.57. The molecule has 1 heteroatoms. The third-order valence-electron chi connectivity index (χ3n) is 1.39. The zero-order chi connectivity index (χ0) is 11.4. The van der Waals surface area contributed by atoms with Crippen LogP contribution in [0.15, 0.2) is 84.9 Å². The van der Waals surface area contributed by atoms with Gasteiger partial charge in [0.05, 0.1) is 0 Å². The smallest absolute Gasteiger partial charge is 0.00340 e. The predicted octanol–water partition coefficient (Wildman–Crippen LogP) is 4.40. The van der Waals surface area contributed by atoms with Gasteiger partial charge in [0.2, 0.25) is 0 Å². The van der Waals surface area contributed by atoms with Gasteiger partial charge in [-0.3, -0.25) is 0 Å². The van der Waals surface area contributed by atoms with E-state index in [1.807, 2.05) is 54.7 Å². The van der Waals surface area contributed by atoms with Gasteiger partial charge in [0, 0.05) is 4.91 Å². The van der Waals surface area contributed by atoms with Crippen LogP contribution in [0.2, 0.25) is 0 Å². The molecule has 0 bridgehead atoms. The Kier molecular flexibility index (Phi) is 9.57. The van der Waals surface area contributed by atoms with Crippen molar-refractivity contribution >= 4 is 12.6 Å². The van der Waals surface area contributed by atoms with Crippen molar-refractivity contribution in [2.24, 2.45) is 0 Å². The molecule has 0 nitrogen and oxygen atoms in total. The Labute approximate surface area is 97.8 Å². The van der Waals surface area contributed by atoms with Crippen LogP contribution >= 0.6 is 12.6 Å². The molecule has 0 aromatic carbocycles. The SMILES string of the molecule is C=C\C=C/C=C\C=C/C=C\C=C(/S)C=C. The molecular formula is C14H16S.